The third-order valence-electron chi connectivity index (χ3n) is 2.20. The Bertz CT molecular complexity index is 539. The molecule has 2 nitrogen and oxygen atoms in total. The molecule has 0 aliphatic rings. The van der Waals surface area contributed by atoms with Gasteiger partial charge in [-0.2, -0.15) is 0 Å². The second kappa shape index (κ2) is 5.47. The highest BCUT2D eigenvalue weighted by molar-refractivity contribution is 9.10. The lowest BCUT2D eigenvalue weighted by Crippen LogP contribution is -1.90. The van der Waals surface area contributed by atoms with E-state index in [9.17, 15) is 4.79 Å². The van der Waals surface area contributed by atoms with E-state index >= 15 is 0 Å². The number of benzene rings is 1. The summed E-state index contributed by atoms with van der Waals surface area (Å²) in [5.41, 5.74) is 0.731. The summed E-state index contributed by atoms with van der Waals surface area (Å²) >= 11 is 5.02. The lowest BCUT2D eigenvalue weighted by molar-refractivity contribution is 0.101. The normalized spacial score (nSPS) is 10.2. The number of carbonyl (C=O) groups excluding carboxylic acids is 1. The molecule has 0 spiro atoms. The van der Waals surface area contributed by atoms with Gasteiger partial charge < -0.3 is 0 Å². The van der Waals surface area contributed by atoms with E-state index in [1.807, 2.05) is 36.4 Å². The fraction of sp³-hybridized carbons (Fsp3) is 0.0769. The van der Waals surface area contributed by atoms with Crippen LogP contribution in [0.5, 0.6) is 0 Å². The lowest BCUT2D eigenvalue weighted by atomic mass is 10.2. The number of Topliss-reactive ketones (excluding diaryl/α,β-unsaturated/α-hetero) is 1. The summed E-state index contributed by atoms with van der Waals surface area (Å²) in [7, 11) is 0. The molecule has 2 aromatic rings. The number of aromatic nitrogens is 1. The molecule has 0 amide bonds. The average Bonchev–Trinajstić information content (AvgIpc) is 2.33. The molecule has 0 saturated heterocycles. The highest BCUT2D eigenvalue weighted by atomic mass is 79.9. The van der Waals surface area contributed by atoms with Crippen LogP contribution in [0.15, 0.2) is 57.0 Å². The van der Waals surface area contributed by atoms with Crippen molar-refractivity contribution in [3.05, 3.63) is 52.6 Å². The fourth-order valence-corrected chi connectivity index (χ4v) is 2.59. The van der Waals surface area contributed by atoms with Crippen LogP contribution in [0.4, 0.5) is 0 Å². The second-order valence-corrected chi connectivity index (χ2v) is 5.39. The maximum Gasteiger partial charge on any atom is 0.159 e. The van der Waals surface area contributed by atoms with Crippen LogP contribution in [0.2, 0.25) is 0 Å². The molecule has 0 aliphatic carbocycles. The van der Waals surface area contributed by atoms with Gasteiger partial charge in [0, 0.05) is 16.7 Å². The minimum Gasteiger partial charge on any atom is -0.295 e. The standard InChI is InChI=1S/C13H10BrNOS/c1-9(16)10-4-6-11(7-5-10)17-13-12(14)3-2-8-15-13/h2-8H,1H3. The van der Waals surface area contributed by atoms with Gasteiger partial charge in [-0.25, -0.2) is 4.98 Å². The van der Waals surface area contributed by atoms with Crippen LogP contribution in [-0.4, -0.2) is 10.8 Å². The number of ketones is 1. The number of hydrogen-bond donors (Lipinski definition) is 0. The van der Waals surface area contributed by atoms with Crippen LogP contribution < -0.4 is 0 Å². The summed E-state index contributed by atoms with van der Waals surface area (Å²) in [5, 5.41) is 0.920. The maximum absolute atomic E-state index is 11.1. The summed E-state index contributed by atoms with van der Waals surface area (Å²) in [6.45, 7) is 1.57. The van der Waals surface area contributed by atoms with Gasteiger partial charge >= 0.3 is 0 Å². The Morgan fingerprint density at radius 3 is 2.53 bits per heavy atom. The van der Waals surface area contributed by atoms with Gasteiger partial charge in [-0.05, 0) is 47.1 Å². The van der Waals surface area contributed by atoms with Gasteiger partial charge in [-0.1, -0.05) is 23.9 Å². The van der Waals surface area contributed by atoms with Crippen molar-refractivity contribution in [1.82, 2.24) is 4.98 Å². The minimum absolute atomic E-state index is 0.0839. The molecule has 1 heterocycles. The van der Waals surface area contributed by atoms with Gasteiger partial charge in [0.2, 0.25) is 0 Å². The van der Waals surface area contributed by atoms with Gasteiger partial charge in [0.05, 0.1) is 4.47 Å². The van der Waals surface area contributed by atoms with Crippen molar-refractivity contribution in [1.29, 1.82) is 0 Å². The number of carbonyl (C=O) groups is 1. The molecule has 4 heteroatoms. The van der Waals surface area contributed by atoms with E-state index in [0.29, 0.717) is 0 Å². The molecule has 86 valence electrons. The van der Waals surface area contributed by atoms with Gasteiger partial charge in [0.15, 0.2) is 5.78 Å². The number of rotatable bonds is 3. The fourth-order valence-electron chi connectivity index (χ4n) is 1.32. The molecular formula is C13H10BrNOS. The van der Waals surface area contributed by atoms with Crippen molar-refractivity contribution in [3.8, 4) is 0 Å². The van der Waals surface area contributed by atoms with E-state index < -0.39 is 0 Å². The maximum atomic E-state index is 11.1. The Balaban J connectivity index is 2.20. The molecule has 0 atom stereocenters. The molecule has 0 aliphatic heterocycles. The predicted molar refractivity (Wildman–Crippen MR) is 72.5 cm³/mol. The largest absolute Gasteiger partial charge is 0.295 e. The van der Waals surface area contributed by atoms with E-state index in [0.717, 1.165) is 20.0 Å². The molecule has 1 aromatic carbocycles. The Hall–Kier alpha value is -1.13. The first-order valence-corrected chi connectivity index (χ1v) is 6.67. The first kappa shape index (κ1) is 12.3. The van der Waals surface area contributed by atoms with Crippen molar-refractivity contribution in [3.63, 3.8) is 0 Å². The third kappa shape index (κ3) is 3.17. The van der Waals surface area contributed by atoms with Crippen LogP contribution in [-0.2, 0) is 0 Å². The first-order chi connectivity index (χ1) is 8.16. The van der Waals surface area contributed by atoms with Crippen molar-refractivity contribution in [2.45, 2.75) is 16.8 Å². The number of hydrogen-bond acceptors (Lipinski definition) is 3. The molecule has 2 rings (SSSR count). The third-order valence-corrected chi connectivity index (χ3v) is 4.13. The molecule has 0 bridgehead atoms. The summed E-state index contributed by atoms with van der Waals surface area (Å²) in [6, 6.07) is 11.4. The van der Waals surface area contributed by atoms with Crippen molar-refractivity contribution < 1.29 is 4.79 Å². The predicted octanol–water partition coefficient (Wildman–Crippen LogP) is 4.20. The second-order valence-electron chi connectivity index (χ2n) is 3.47. The van der Waals surface area contributed by atoms with Crippen LogP contribution in [0.3, 0.4) is 0 Å². The van der Waals surface area contributed by atoms with Crippen molar-refractivity contribution in [2.24, 2.45) is 0 Å². The van der Waals surface area contributed by atoms with E-state index in [2.05, 4.69) is 20.9 Å². The lowest BCUT2D eigenvalue weighted by Gasteiger charge is -2.03. The Labute approximate surface area is 113 Å². The summed E-state index contributed by atoms with van der Waals surface area (Å²) in [4.78, 5) is 16.5. The average molecular weight is 308 g/mol. The van der Waals surface area contributed by atoms with E-state index in [1.165, 1.54) is 0 Å². The zero-order valence-electron chi connectivity index (χ0n) is 9.18. The number of pyridine rings is 1. The van der Waals surface area contributed by atoms with Crippen molar-refractivity contribution in [2.75, 3.05) is 0 Å². The van der Waals surface area contributed by atoms with Gasteiger partial charge in [0.25, 0.3) is 0 Å². The number of halogens is 1. The van der Waals surface area contributed by atoms with Gasteiger partial charge in [-0.15, -0.1) is 0 Å². The topological polar surface area (TPSA) is 30.0 Å². The van der Waals surface area contributed by atoms with E-state index in [4.69, 9.17) is 0 Å². The summed E-state index contributed by atoms with van der Waals surface area (Å²) in [5.74, 6) is 0.0839. The highest BCUT2D eigenvalue weighted by Crippen LogP contribution is 2.31. The zero-order valence-corrected chi connectivity index (χ0v) is 11.6. The van der Waals surface area contributed by atoms with Crippen LogP contribution in [0.1, 0.15) is 17.3 Å². The number of nitrogens with zero attached hydrogens (tertiary/aromatic N) is 1. The van der Waals surface area contributed by atoms with Gasteiger partial charge in [-0.3, -0.25) is 4.79 Å². The molecule has 1 aromatic heterocycles. The van der Waals surface area contributed by atoms with Crippen LogP contribution in [0, 0.1) is 0 Å². The SMILES string of the molecule is CC(=O)c1ccc(Sc2ncccc2Br)cc1. The molecule has 0 radical (unpaired) electrons. The quantitative estimate of drug-likeness (QED) is 0.796. The van der Waals surface area contributed by atoms with E-state index in [1.54, 1.807) is 24.9 Å². The molecule has 0 N–H and O–H groups in total. The van der Waals surface area contributed by atoms with Crippen LogP contribution in [0.25, 0.3) is 0 Å². The molecule has 0 unspecified atom stereocenters. The smallest absolute Gasteiger partial charge is 0.159 e. The molecule has 17 heavy (non-hydrogen) atoms. The Morgan fingerprint density at radius 1 is 1.24 bits per heavy atom. The molecular weight excluding hydrogens is 298 g/mol. The van der Waals surface area contributed by atoms with Gasteiger partial charge in [0.1, 0.15) is 5.03 Å². The minimum atomic E-state index is 0.0839. The highest BCUT2D eigenvalue weighted by Gasteiger charge is 2.04. The monoisotopic (exact) mass is 307 g/mol. The zero-order chi connectivity index (χ0) is 12.3. The molecule has 0 saturated carbocycles. The summed E-state index contributed by atoms with van der Waals surface area (Å²) < 4.78 is 0.973. The Kier molecular flexibility index (Phi) is 3.97. The Morgan fingerprint density at radius 2 is 1.94 bits per heavy atom. The van der Waals surface area contributed by atoms with Crippen LogP contribution >= 0.6 is 27.7 Å². The first-order valence-electron chi connectivity index (χ1n) is 5.06. The van der Waals surface area contributed by atoms with E-state index in [-0.39, 0.29) is 5.78 Å². The summed E-state index contributed by atoms with van der Waals surface area (Å²) in [6.07, 6.45) is 1.76. The van der Waals surface area contributed by atoms with Crippen molar-refractivity contribution >= 4 is 33.5 Å². The molecule has 0 fully saturated rings.